The van der Waals surface area contributed by atoms with Crippen LogP contribution in [0.2, 0.25) is 0 Å². The van der Waals surface area contributed by atoms with E-state index in [4.69, 9.17) is 5.11 Å². The summed E-state index contributed by atoms with van der Waals surface area (Å²) in [7, 11) is 0. The molecule has 0 aliphatic carbocycles. The quantitative estimate of drug-likeness (QED) is 0.796. The Morgan fingerprint density at radius 2 is 1.80 bits per heavy atom. The zero-order chi connectivity index (χ0) is 15.0. The van der Waals surface area contributed by atoms with Gasteiger partial charge >= 0.3 is 5.97 Å². The molecule has 0 radical (unpaired) electrons. The fourth-order valence-electron chi connectivity index (χ4n) is 1.88. The van der Waals surface area contributed by atoms with Gasteiger partial charge in [0.15, 0.2) is 0 Å². The average molecular weight is 281 g/mol. The molecule has 0 bridgehead atoms. The number of benzene rings is 1. The van der Waals surface area contributed by atoms with Crippen molar-refractivity contribution < 1.29 is 19.1 Å². The maximum absolute atomic E-state index is 12.8. The first-order chi connectivity index (χ1) is 9.52. The smallest absolute Gasteiger partial charge is 0.305 e. The number of hydrogen-bond acceptors (Lipinski definition) is 2. The summed E-state index contributed by atoms with van der Waals surface area (Å²) in [5, 5.41) is 8.71. The van der Waals surface area contributed by atoms with Gasteiger partial charge < -0.3 is 10.0 Å². The van der Waals surface area contributed by atoms with Gasteiger partial charge in [-0.3, -0.25) is 9.59 Å². The van der Waals surface area contributed by atoms with Gasteiger partial charge in [0, 0.05) is 19.5 Å². The van der Waals surface area contributed by atoms with Crippen LogP contribution in [0.15, 0.2) is 24.3 Å². The summed E-state index contributed by atoms with van der Waals surface area (Å²) in [6.07, 6.45) is 1.69. The number of hydrogen-bond donors (Lipinski definition) is 1. The standard InChI is InChI=1S/C15H20FNO3/c1-2-3-14(18)17(11-9-15(19)20)10-8-12-4-6-13(16)7-5-12/h4-7H,2-3,8-11H2,1H3,(H,19,20). The van der Waals surface area contributed by atoms with Crippen molar-refractivity contribution >= 4 is 11.9 Å². The Morgan fingerprint density at radius 3 is 2.35 bits per heavy atom. The van der Waals surface area contributed by atoms with Gasteiger partial charge in [0.05, 0.1) is 6.42 Å². The van der Waals surface area contributed by atoms with Crippen molar-refractivity contribution in [1.29, 1.82) is 0 Å². The van der Waals surface area contributed by atoms with Gasteiger partial charge in [-0.25, -0.2) is 4.39 Å². The normalized spacial score (nSPS) is 10.3. The van der Waals surface area contributed by atoms with E-state index >= 15 is 0 Å². The molecule has 1 N–H and O–H groups in total. The molecule has 1 aromatic carbocycles. The lowest BCUT2D eigenvalue weighted by Gasteiger charge is -2.22. The molecular weight excluding hydrogens is 261 g/mol. The van der Waals surface area contributed by atoms with E-state index in [1.54, 1.807) is 17.0 Å². The molecule has 0 aliphatic rings. The highest BCUT2D eigenvalue weighted by Crippen LogP contribution is 2.06. The van der Waals surface area contributed by atoms with Gasteiger partial charge in [-0.05, 0) is 30.5 Å². The number of carbonyl (C=O) groups is 2. The molecule has 5 heteroatoms. The van der Waals surface area contributed by atoms with Crippen LogP contribution in [0.1, 0.15) is 31.7 Å². The molecule has 0 fully saturated rings. The highest BCUT2D eigenvalue weighted by Gasteiger charge is 2.13. The topological polar surface area (TPSA) is 57.6 Å². The summed E-state index contributed by atoms with van der Waals surface area (Å²) in [6.45, 7) is 2.58. The van der Waals surface area contributed by atoms with E-state index in [2.05, 4.69) is 0 Å². The fraction of sp³-hybridized carbons (Fsp3) is 0.467. The predicted octanol–water partition coefficient (Wildman–Crippen LogP) is 2.47. The summed E-state index contributed by atoms with van der Waals surface area (Å²) in [5.74, 6) is -1.24. The molecule has 0 heterocycles. The summed E-state index contributed by atoms with van der Waals surface area (Å²) in [5.41, 5.74) is 0.927. The second-order valence-corrected chi connectivity index (χ2v) is 4.65. The molecular formula is C15H20FNO3. The maximum Gasteiger partial charge on any atom is 0.305 e. The molecule has 0 saturated heterocycles. The van der Waals surface area contributed by atoms with Gasteiger partial charge in [0.1, 0.15) is 5.82 Å². The van der Waals surface area contributed by atoms with E-state index in [-0.39, 0.29) is 24.7 Å². The predicted molar refractivity (Wildman–Crippen MR) is 73.8 cm³/mol. The average Bonchev–Trinajstić information content (AvgIpc) is 2.40. The van der Waals surface area contributed by atoms with Crippen LogP contribution in [0, 0.1) is 5.82 Å². The summed E-state index contributed by atoms with van der Waals surface area (Å²) >= 11 is 0. The van der Waals surface area contributed by atoms with Crippen LogP contribution in [0.25, 0.3) is 0 Å². The van der Waals surface area contributed by atoms with Crippen LogP contribution in [0.5, 0.6) is 0 Å². The molecule has 0 unspecified atom stereocenters. The number of carboxylic acids is 1. The monoisotopic (exact) mass is 281 g/mol. The Labute approximate surface area is 118 Å². The number of aliphatic carboxylic acids is 1. The van der Waals surface area contributed by atoms with Crippen molar-refractivity contribution in [3.8, 4) is 0 Å². The number of halogens is 1. The summed E-state index contributed by atoms with van der Waals surface area (Å²) < 4.78 is 12.8. The molecule has 0 aromatic heterocycles. The first-order valence-corrected chi connectivity index (χ1v) is 6.77. The van der Waals surface area contributed by atoms with Crippen molar-refractivity contribution in [1.82, 2.24) is 4.90 Å². The van der Waals surface area contributed by atoms with E-state index < -0.39 is 5.97 Å². The van der Waals surface area contributed by atoms with Crippen molar-refractivity contribution in [2.45, 2.75) is 32.6 Å². The second kappa shape index (κ2) is 8.30. The van der Waals surface area contributed by atoms with Gasteiger partial charge in [0.2, 0.25) is 5.91 Å². The van der Waals surface area contributed by atoms with Crippen LogP contribution in [-0.2, 0) is 16.0 Å². The molecule has 1 rings (SSSR count). The molecule has 20 heavy (non-hydrogen) atoms. The van der Waals surface area contributed by atoms with Gasteiger partial charge in [0.25, 0.3) is 0 Å². The second-order valence-electron chi connectivity index (χ2n) is 4.65. The minimum atomic E-state index is -0.916. The van der Waals surface area contributed by atoms with Crippen molar-refractivity contribution in [3.05, 3.63) is 35.6 Å². The van der Waals surface area contributed by atoms with Crippen molar-refractivity contribution in [2.24, 2.45) is 0 Å². The maximum atomic E-state index is 12.8. The molecule has 1 amide bonds. The van der Waals surface area contributed by atoms with Crippen LogP contribution >= 0.6 is 0 Å². The molecule has 0 aliphatic heterocycles. The Bertz CT molecular complexity index is 445. The highest BCUT2D eigenvalue weighted by molar-refractivity contribution is 5.77. The molecule has 0 atom stereocenters. The number of carbonyl (C=O) groups excluding carboxylic acids is 1. The Balaban J connectivity index is 2.56. The first-order valence-electron chi connectivity index (χ1n) is 6.77. The zero-order valence-corrected chi connectivity index (χ0v) is 11.6. The van der Waals surface area contributed by atoms with E-state index in [1.807, 2.05) is 6.92 Å². The number of rotatable bonds is 8. The molecule has 4 nitrogen and oxygen atoms in total. The minimum absolute atomic E-state index is 0.0316. The Hall–Kier alpha value is -1.91. The molecule has 0 saturated carbocycles. The van der Waals surface area contributed by atoms with E-state index in [0.717, 1.165) is 12.0 Å². The lowest BCUT2D eigenvalue weighted by Crippen LogP contribution is -2.34. The van der Waals surface area contributed by atoms with Crippen LogP contribution in [-0.4, -0.2) is 35.0 Å². The van der Waals surface area contributed by atoms with Crippen molar-refractivity contribution in [2.75, 3.05) is 13.1 Å². The highest BCUT2D eigenvalue weighted by atomic mass is 19.1. The third-order valence-electron chi connectivity index (χ3n) is 3.00. The lowest BCUT2D eigenvalue weighted by atomic mass is 10.1. The van der Waals surface area contributed by atoms with Crippen LogP contribution in [0.4, 0.5) is 4.39 Å². The summed E-state index contributed by atoms with van der Waals surface area (Å²) in [4.78, 5) is 24.1. The van der Waals surface area contributed by atoms with Gasteiger partial charge in [-0.1, -0.05) is 19.1 Å². The van der Waals surface area contributed by atoms with Gasteiger partial charge in [-0.2, -0.15) is 0 Å². The number of amides is 1. The Morgan fingerprint density at radius 1 is 1.15 bits per heavy atom. The first kappa shape index (κ1) is 16.1. The number of nitrogens with zero attached hydrogens (tertiary/aromatic N) is 1. The fourth-order valence-corrected chi connectivity index (χ4v) is 1.88. The molecule has 0 spiro atoms. The lowest BCUT2D eigenvalue weighted by molar-refractivity contribution is -0.138. The molecule has 1 aromatic rings. The van der Waals surface area contributed by atoms with Crippen LogP contribution < -0.4 is 0 Å². The van der Waals surface area contributed by atoms with E-state index in [9.17, 15) is 14.0 Å². The van der Waals surface area contributed by atoms with E-state index in [1.165, 1.54) is 12.1 Å². The Kier molecular flexibility index (Phi) is 6.70. The zero-order valence-electron chi connectivity index (χ0n) is 11.6. The van der Waals surface area contributed by atoms with Gasteiger partial charge in [-0.15, -0.1) is 0 Å². The SMILES string of the molecule is CCCC(=O)N(CCC(=O)O)CCc1ccc(F)cc1. The molecule has 110 valence electrons. The summed E-state index contributed by atoms with van der Waals surface area (Å²) in [6, 6.07) is 6.11. The number of carboxylic acid groups (broad SMARTS) is 1. The minimum Gasteiger partial charge on any atom is -0.481 e. The third-order valence-corrected chi connectivity index (χ3v) is 3.00. The van der Waals surface area contributed by atoms with Crippen molar-refractivity contribution in [3.63, 3.8) is 0 Å². The van der Waals surface area contributed by atoms with Crippen LogP contribution in [0.3, 0.4) is 0 Å². The third kappa shape index (κ3) is 5.82. The van der Waals surface area contributed by atoms with E-state index in [0.29, 0.717) is 19.4 Å². The largest absolute Gasteiger partial charge is 0.481 e.